The van der Waals surface area contributed by atoms with Crippen LogP contribution in [0.1, 0.15) is 96.8 Å². The average Bonchev–Trinajstić information content (AvgIpc) is 2.91. The molecular weight excluding hydrogens is 442 g/mol. The first kappa shape index (κ1) is 27.7. The molecule has 0 fully saturated rings. The summed E-state index contributed by atoms with van der Waals surface area (Å²) in [6.07, 6.45) is 19.2. The van der Waals surface area contributed by atoms with E-state index < -0.39 is 0 Å². The lowest BCUT2D eigenvalue weighted by Gasteiger charge is -2.07. The van der Waals surface area contributed by atoms with Gasteiger partial charge in [0.05, 0.1) is 18.0 Å². The number of nitrogens with two attached hydrogens (primary N) is 1. The average molecular weight is 488 g/mol. The minimum Gasteiger partial charge on any atom is -0.494 e. The van der Waals surface area contributed by atoms with Gasteiger partial charge in [0, 0.05) is 5.39 Å². The van der Waals surface area contributed by atoms with Gasteiger partial charge in [0.1, 0.15) is 11.4 Å². The van der Waals surface area contributed by atoms with Crippen molar-refractivity contribution in [2.24, 2.45) is 10.2 Å². The van der Waals surface area contributed by atoms with Crippen LogP contribution in [0.15, 0.2) is 70.9 Å². The topological polar surface area (TPSA) is 60.0 Å². The van der Waals surface area contributed by atoms with E-state index in [4.69, 9.17) is 10.5 Å². The Hall–Kier alpha value is -2.88. The molecule has 0 aliphatic carbocycles. The summed E-state index contributed by atoms with van der Waals surface area (Å²) < 4.78 is 5.92. The number of anilines is 1. The zero-order valence-corrected chi connectivity index (χ0v) is 22.3. The molecule has 0 aliphatic rings. The van der Waals surface area contributed by atoms with Crippen LogP contribution >= 0.6 is 0 Å². The lowest BCUT2D eigenvalue weighted by Crippen LogP contribution is -1.96. The van der Waals surface area contributed by atoms with Gasteiger partial charge < -0.3 is 10.5 Å². The molecule has 0 atom stereocenters. The number of ether oxygens (including phenoxy) is 1. The normalized spacial score (nSPS) is 11.5. The van der Waals surface area contributed by atoms with Crippen molar-refractivity contribution in [3.63, 3.8) is 0 Å². The maximum absolute atomic E-state index is 6.15. The Morgan fingerprint density at radius 2 is 1.19 bits per heavy atom. The van der Waals surface area contributed by atoms with E-state index >= 15 is 0 Å². The monoisotopic (exact) mass is 487 g/mol. The molecule has 0 heterocycles. The van der Waals surface area contributed by atoms with E-state index in [0.717, 1.165) is 35.2 Å². The van der Waals surface area contributed by atoms with E-state index in [9.17, 15) is 0 Å². The molecule has 4 nitrogen and oxygen atoms in total. The van der Waals surface area contributed by atoms with Gasteiger partial charge in [0.25, 0.3) is 0 Å². The Balaban J connectivity index is 1.25. The number of azo groups is 1. The number of nitrogen functional groups attached to an aromatic ring is 1. The van der Waals surface area contributed by atoms with E-state index in [1.165, 1.54) is 83.5 Å². The quantitative estimate of drug-likeness (QED) is 0.110. The summed E-state index contributed by atoms with van der Waals surface area (Å²) in [4.78, 5) is 0. The third-order valence-electron chi connectivity index (χ3n) is 6.80. The molecule has 3 rings (SSSR count). The first-order valence-electron chi connectivity index (χ1n) is 14.2. The van der Waals surface area contributed by atoms with Crippen molar-refractivity contribution >= 4 is 27.8 Å². The molecule has 4 heteroatoms. The SMILES string of the molecule is CCCCCCCCCCCCCCCCOc1ccc(N=Nc2c(N)ccc3ccccc23)cc1. The fraction of sp³-hybridized carbons (Fsp3) is 0.500. The van der Waals surface area contributed by atoms with E-state index in [0.29, 0.717) is 11.4 Å². The second-order valence-corrected chi connectivity index (χ2v) is 9.86. The molecule has 0 radical (unpaired) electrons. The molecule has 0 bridgehead atoms. The Bertz CT molecular complexity index is 1030. The van der Waals surface area contributed by atoms with Crippen molar-refractivity contribution in [3.05, 3.63) is 60.7 Å². The van der Waals surface area contributed by atoms with Crippen LogP contribution in [0.3, 0.4) is 0 Å². The second kappa shape index (κ2) is 16.7. The number of nitrogens with zero attached hydrogens (tertiary/aromatic N) is 2. The molecule has 0 unspecified atom stereocenters. The summed E-state index contributed by atoms with van der Waals surface area (Å²) in [6.45, 7) is 3.05. The highest BCUT2D eigenvalue weighted by molar-refractivity contribution is 5.97. The lowest BCUT2D eigenvalue weighted by atomic mass is 10.0. The van der Waals surface area contributed by atoms with Gasteiger partial charge in [-0.15, -0.1) is 5.11 Å². The molecular formula is C32H45N3O. The van der Waals surface area contributed by atoms with Crippen molar-refractivity contribution < 1.29 is 4.74 Å². The maximum atomic E-state index is 6.15. The summed E-state index contributed by atoms with van der Waals surface area (Å²) in [6, 6.07) is 19.8. The van der Waals surface area contributed by atoms with Gasteiger partial charge in [-0.3, -0.25) is 0 Å². The van der Waals surface area contributed by atoms with Gasteiger partial charge in [-0.05, 0) is 42.1 Å². The number of hydrogen-bond acceptors (Lipinski definition) is 4. The van der Waals surface area contributed by atoms with Crippen LogP contribution in [0.5, 0.6) is 5.75 Å². The zero-order chi connectivity index (χ0) is 25.3. The van der Waals surface area contributed by atoms with Crippen LogP contribution in [-0.4, -0.2) is 6.61 Å². The van der Waals surface area contributed by atoms with Crippen LogP contribution in [0, 0.1) is 0 Å². The molecule has 0 spiro atoms. The fourth-order valence-electron chi connectivity index (χ4n) is 4.59. The Morgan fingerprint density at radius 1 is 0.611 bits per heavy atom. The highest BCUT2D eigenvalue weighted by Crippen LogP contribution is 2.33. The van der Waals surface area contributed by atoms with Gasteiger partial charge in [-0.1, -0.05) is 121 Å². The van der Waals surface area contributed by atoms with Gasteiger partial charge in [-0.2, -0.15) is 5.11 Å². The molecule has 0 amide bonds. The minimum atomic E-state index is 0.630. The molecule has 0 aromatic heterocycles. The van der Waals surface area contributed by atoms with E-state index in [-0.39, 0.29) is 0 Å². The number of fused-ring (bicyclic) bond motifs is 1. The first-order chi connectivity index (χ1) is 17.8. The van der Waals surface area contributed by atoms with Gasteiger partial charge in [-0.25, -0.2) is 0 Å². The third-order valence-corrected chi connectivity index (χ3v) is 6.80. The summed E-state index contributed by atoms with van der Waals surface area (Å²) >= 11 is 0. The Morgan fingerprint density at radius 3 is 1.83 bits per heavy atom. The molecule has 2 N–H and O–H groups in total. The smallest absolute Gasteiger partial charge is 0.119 e. The van der Waals surface area contributed by atoms with Crippen molar-refractivity contribution in [2.45, 2.75) is 96.8 Å². The second-order valence-electron chi connectivity index (χ2n) is 9.86. The van der Waals surface area contributed by atoms with Crippen molar-refractivity contribution in [1.82, 2.24) is 0 Å². The Kier molecular flexibility index (Phi) is 12.9. The van der Waals surface area contributed by atoms with E-state index in [2.05, 4.69) is 23.2 Å². The van der Waals surface area contributed by atoms with Crippen molar-refractivity contribution in [1.29, 1.82) is 0 Å². The summed E-state index contributed by atoms with van der Waals surface area (Å²) in [5.74, 6) is 0.883. The number of rotatable bonds is 18. The molecule has 3 aromatic rings. The predicted octanol–water partition coefficient (Wildman–Crippen LogP) is 10.7. The van der Waals surface area contributed by atoms with Crippen LogP contribution in [-0.2, 0) is 0 Å². The molecule has 3 aromatic carbocycles. The third kappa shape index (κ3) is 10.0. The molecule has 194 valence electrons. The first-order valence-corrected chi connectivity index (χ1v) is 14.2. The minimum absolute atomic E-state index is 0.630. The standard InChI is InChI=1S/C32H45N3O/c1-2-3-4-5-6-7-8-9-10-11-12-13-14-17-26-36-29-23-21-28(22-24-29)34-35-32-30-19-16-15-18-27(30)20-25-31(32)33/h15-16,18-25H,2-14,17,26,33H2,1H3. The molecule has 36 heavy (non-hydrogen) atoms. The number of hydrogen-bond donors (Lipinski definition) is 1. The van der Waals surface area contributed by atoms with Crippen molar-refractivity contribution in [2.75, 3.05) is 12.3 Å². The number of unbranched alkanes of at least 4 members (excludes halogenated alkanes) is 13. The van der Waals surface area contributed by atoms with Gasteiger partial charge in [0.15, 0.2) is 0 Å². The van der Waals surface area contributed by atoms with Crippen LogP contribution in [0.25, 0.3) is 10.8 Å². The zero-order valence-electron chi connectivity index (χ0n) is 22.3. The highest BCUT2D eigenvalue weighted by atomic mass is 16.5. The molecule has 0 aliphatic heterocycles. The van der Waals surface area contributed by atoms with Crippen LogP contribution in [0.2, 0.25) is 0 Å². The number of benzene rings is 3. The van der Waals surface area contributed by atoms with Gasteiger partial charge >= 0.3 is 0 Å². The van der Waals surface area contributed by atoms with Crippen LogP contribution < -0.4 is 10.5 Å². The predicted molar refractivity (Wildman–Crippen MR) is 155 cm³/mol. The summed E-state index contributed by atoms with van der Waals surface area (Å²) in [5, 5.41) is 10.9. The lowest BCUT2D eigenvalue weighted by molar-refractivity contribution is 0.304. The summed E-state index contributed by atoms with van der Waals surface area (Å²) in [5.41, 5.74) is 8.28. The van der Waals surface area contributed by atoms with Gasteiger partial charge in [0.2, 0.25) is 0 Å². The Labute approximate surface area is 218 Å². The highest BCUT2D eigenvalue weighted by Gasteiger charge is 2.04. The van der Waals surface area contributed by atoms with E-state index in [1.54, 1.807) is 0 Å². The summed E-state index contributed by atoms with van der Waals surface area (Å²) in [7, 11) is 0. The molecule has 0 saturated carbocycles. The largest absolute Gasteiger partial charge is 0.494 e. The maximum Gasteiger partial charge on any atom is 0.119 e. The van der Waals surface area contributed by atoms with Crippen molar-refractivity contribution in [3.8, 4) is 5.75 Å². The van der Waals surface area contributed by atoms with E-state index in [1.807, 2.05) is 54.6 Å². The van der Waals surface area contributed by atoms with Crippen LogP contribution in [0.4, 0.5) is 17.1 Å². The fourth-order valence-corrected chi connectivity index (χ4v) is 4.59. The molecule has 0 saturated heterocycles.